The molecule has 0 aliphatic heterocycles. The van der Waals surface area contributed by atoms with Crippen LogP contribution < -0.4 is 20.3 Å². The molecule has 0 saturated carbocycles. The molecule has 1 amide bonds. The second-order valence-electron chi connectivity index (χ2n) is 7.16. The molecule has 1 N–H and O–H groups in total. The summed E-state index contributed by atoms with van der Waals surface area (Å²) in [5, 5.41) is 3.60. The molecule has 2 heterocycles. The molecule has 2 aromatic carbocycles. The number of nitrogens with one attached hydrogen (secondary N) is 1. The summed E-state index contributed by atoms with van der Waals surface area (Å²) >= 11 is 0. The lowest BCUT2D eigenvalue weighted by molar-refractivity contribution is 0.0952. The fourth-order valence-corrected chi connectivity index (χ4v) is 3.38. The van der Waals surface area contributed by atoms with Gasteiger partial charge in [-0.05, 0) is 48.9 Å². The number of amides is 1. The molecule has 162 valence electrons. The summed E-state index contributed by atoms with van der Waals surface area (Å²) in [5.74, 6) is 1.51. The molecule has 0 radical (unpaired) electrons. The quantitative estimate of drug-likeness (QED) is 0.479. The monoisotopic (exact) mass is 429 g/mol. The zero-order chi connectivity index (χ0) is 22.5. The minimum absolute atomic E-state index is 0.233. The molecule has 0 spiro atoms. The maximum Gasteiger partial charge on any atom is 0.252 e. The van der Waals surface area contributed by atoms with E-state index in [9.17, 15) is 9.59 Å². The van der Waals surface area contributed by atoms with Crippen LogP contribution in [0.1, 0.15) is 22.8 Å². The van der Waals surface area contributed by atoms with Gasteiger partial charge in [0.25, 0.3) is 11.5 Å². The maximum atomic E-state index is 12.8. The third-order valence-corrected chi connectivity index (χ3v) is 5.01. The maximum absolute atomic E-state index is 12.8. The molecule has 0 fully saturated rings. The van der Waals surface area contributed by atoms with E-state index in [2.05, 4.69) is 10.3 Å². The number of hydrogen-bond acceptors (Lipinski definition) is 5. The summed E-state index contributed by atoms with van der Waals surface area (Å²) in [6, 6.07) is 19.5. The standard InChI is InChI=1S/C25H23N3O4/c1-3-31-18-8-10-19(11-9-18)32-23-14-17(12-13-26-23)16-27-25(30)21-15-24(29)28(2)22-7-5-4-6-20(21)22/h4-15H,3,16H2,1-2H3,(H,27,30). The van der Waals surface area contributed by atoms with E-state index < -0.39 is 0 Å². The van der Waals surface area contributed by atoms with Crippen molar-refractivity contribution in [1.29, 1.82) is 0 Å². The lowest BCUT2D eigenvalue weighted by Gasteiger charge is -2.11. The highest BCUT2D eigenvalue weighted by molar-refractivity contribution is 6.06. The second-order valence-corrected chi connectivity index (χ2v) is 7.16. The van der Waals surface area contributed by atoms with E-state index in [0.717, 1.165) is 16.7 Å². The van der Waals surface area contributed by atoms with Gasteiger partial charge in [0.15, 0.2) is 0 Å². The van der Waals surface area contributed by atoms with Crippen molar-refractivity contribution in [2.24, 2.45) is 7.05 Å². The van der Waals surface area contributed by atoms with Crippen LogP contribution in [0.3, 0.4) is 0 Å². The molecule has 2 aromatic heterocycles. The van der Waals surface area contributed by atoms with Gasteiger partial charge in [-0.3, -0.25) is 9.59 Å². The van der Waals surface area contributed by atoms with Gasteiger partial charge in [-0.15, -0.1) is 0 Å². The third kappa shape index (κ3) is 4.62. The smallest absolute Gasteiger partial charge is 0.252 e. The molecule has 7 heteroatoms. The van der Waals surface area contributed by atoms with Crippen LogP contribution >= 0.6 is 0 Å². The van der Waals surface area contributed by atoms with Gasteiger partial charge in [-0.25, -0.2) is 4.98 Å². The Morgan fingerprint density at radius 1 is 1.03 bits per heavy atom. The topological polar surface area (TPSA) is 82.5 Å². The van der Waals surface area contributed by atoms with Gasteiger partial charge in [-0.2, -0.15) is 0 Å². The van der Waals surface area contributed by atoms with Crippen LogP contribution in [0, 0.1) is 0 Å². The van der Waals surface area contributed by atoms with Crippen LogP contribution in [-0.4, -0.2) is 22.1 Å². The Morgan fingerprint density at radius 2 is 1.78 bits per heavy atom. The van der Waals surface area contributed by atoms with Gasteiger partial charge in [0.1, 0.15) is 11.5 Å². The minimum Gasteiger partial charge on any atom is -0.494 e. The van der Waals surface area contributed by atoms with E-state index in [4.69, 9.17) is 9.47 Å². The Balaban J connectivity index is 1.47. The summed E-state index contributed by atoms with van der Waals surface area (Å²) in [7, 11) is 1.69. The molecule has 0 unspecified atom stereocenters. The van der Waals surface area contributed by atoms with Crippen LogP contribution in [0.5, 0.6) is 17.4 Å². The normalized spacial score (nSPS) is 10.7. The highest BCUT2D eigenvalue weighted by Crippen LogP contribution is 2.23. The van der Waals surface area contributed by atoms with Crippen LogP contribution in [0.15, 0.2) is 77.7 Å². The lowest BCUT2D eigenvalue weighted by Crippen LogP contribution is -2.26. The van der Waals surface area contributed by atoms with Crippen LogP contribution in [0.25, 0.3) is 10.9 Å². The number of hydrogen-bond donors (Lipinski definition) is 1. The molecule has 0 aliphatic carbocycles. The molecule has 0 saturated heterocycles. The Kier molecular flexibility index (Phi) is 6.17. The number of ether oxygens (including phenoxy) is 2. The molecule has 32 heavy (non-hydrogen) atoms. The number of carbonyl (C=O) groups excluding carboxylic acids is 1. The van der Waals surface area contributed by atoms with Crippen molar-refractivity contribution in [3.8, 4) is 17.4 Å². The SMILES string of the molecule is CCOc1ccc(Oc2cc(CNC(=O)c3cc(=O)n(C)c4ccccc34)ccn2)cc1. The molecule has 0 atom stereocenters. The van der Waals surface area contributed by atoms with Crippen LogP contribution in [0.2, 0.25) is 0 Å². The first-order chi connectivity index (χ1) is 15.5. The molecule has 0 aliphatic rings. The van der Waals surface area contributed by atoms with E-state index in [0.29, 0.717) is 29.3 Å². The minimum atomic E-state index is -0.315. The number of aryl methyl sites for hydroxylation is 1. The summed E-state index contributed by atoms with van der Waals surface area (Å²) in [4.78, 5) is 29.3. The predicted octanol–water partition coefficient (Wildman–Crippen LogP) is 4.05. The summed E-state index contributed by atoms with van der Waals surface area (Å²) in [5.41, 5.74) is 1.65. The van der Waals surface area contributed by atoms with Gasteiger partial charge in [-0.1, -0.05) is 18.2 Å². The van der Waals surface area contributed by atoms with Crippen molar-refractivity contribution in [2.45, 2.75) is 13.5 Å². The van der Waals surface area contributed by atoms with Crippen molar-refractivity contribution >= 4 is 16.8 Å². The van der Waals surface area contributed by atoms with Gasteiger partial charge in [0.2, 0.25) is 5.88 Å². The number of benzene rings is 2. The predicted molar refractivity (Wildman–Crippen MR) is 122 cm³/mol. The van der Waals surface area contributed by atoms with Crippen molar-refractivity contribution < 1.29 is 14.3 Å². The molecule has 0 bridgehead atoms. The largest absolute Gasteiger partial charge is 0.494 e. The average Bonchev–Trinajstić information content (AvgIpc) is 2.81. The summed E-state index contributed by atoms with van der Waals surface area (Å²) < 4.78 is 12.8. The van der Waals surface area contributed by atoms with E-state index in [1.165, 1.54) is 10.6 Å². The van der Waals surface area contributed by atoms with Crippen molar-refractivity contribution in [3.63, 3.8) is 0 Å². The molecule has 4 aromatic rings. The summed E-state index contributed by atoms with van der Waals surface area (Å²) in [6.45, 7) is 2.80. The molecular formula is C25H23N3O4. The van der Waals surface area contributed by atoms with Crippen molar-refractivity contribution in [2.75, 3.05) is 6.61 Å². The Labute approximate surface area is 185 Å². The number of para-hydroxylation sites is 1. The highest BCUT2D eigenvalue weighted by Gasteiger charge is 2.13. The Hall–Kier alpha value is -4.13. The number of fused-ring (bicyclic) bond motifs is 1. The van der Waals surface area contributed by atoms with Crippen LogP contribution in [0.4, 0.5) is 0 Å². The van der Waals surface area contributed by atoms with E-state index in [-0.39, 0.29) is 18.0 Å². The number of rotatable bonds is 7. The van der Waals surface area contributed by atoms with Crippen molar-refractivity contribution in [1.82, 2.24) is 14.9 Å². The first-order valence-electron chi connectivity index (χ1n) is 10.3. The van der Waals surface area contributed by atoms with Gasteiger partial charge in [0.05, 0.1) is 17.7 Å². The van der Waals surface area contributed by atoms with Gasteiger partial charge in [0, 0.05) is 37.3 Å². The van der Waals surface area contributed by atoms with E-state index in [1.54, 1.807) is 25.4 Å². The first kappa shape index (κ1) is 21.1. The molecular weight excluding hydrogens is 406 g/mol. The number of pyridine rings is 2. The van der Waals surface area contributed by atoms with Gasteiger partial charge >= 0.3 is 0 Å². The van der Waals surface area contributed by atoms with Crippen LogP contribution in [-0.2, 0) is 13.6 Å². The van der Waals surface area contributed by atoms with Gasteiger partial charge < -0.3 is 19.4 Å². The van der Waals surface area contributed by atoms with E-state index in [1.807, 2.05) is 55.5 Å². The lowest BCUT2D eigenvalue weighted by atomic mass is 10.1. The zero-order valence-electron chi connectivity index (χ0n) is 17.9. The highest BCUT2D eigenvalue weighted by atomic mass is 16.5. The number of carbonyl (C=O) groups is 1. The fraction of sp³-hybridized carbons (Fsp3) is 0.160. The van der Waals surface area contributed by atoms with Crippen molar-refractivity contribution in [3.05, 3.63) is 94.4 Å². The zero-order valence-corrected chi connectivity index (χ0v) is 17.9. The molecule has 4 rings (SSSR count). The third-order valence-electron chi connectivity index (χ3n) is 5.01. The Bertz CT molecular complexity index is 1310. The Morgan fingerprint density at radius 3 is 2.56 bits per heavy atom. The number of nitrogens with zero attached hydrogens (tertiary/aromatic N) is 2. The second kappa shape index (κ2) is 9.34. The summed E-state index contributed by atoms with van der Waals surface area (Å²) in [6.07, 6.45) is 1.62. The number of aromatic nitrogens is 2. The average molecular weight is 429 g/mol. The van der Waals surface area contributed by atoms with E-state index >= 15 is 0 Å². The fourth-order valence-electron chi connectivity index (χ4n) is 3.38. The first-order valence-corrected chi connectivity index (χ1v) is 10.3. The molecule has 7 nitrogen and oxygen atoms in total.